The lowest BCUT2D eigenvalue weighted by Crippen LogP contribution is -2.47. The average Bonchev–Trinajstić information content (AvgIpc) is 3.19. The second-order valence-electron chi connectivity index (χ2n) is 7.71. The van der Waals surface area contributed by atoms with Gasteiger partial charge >= 0.3 is 0 Å². The maximum atomic E-state index is 11.2. The van der Waals surface area contributed by atoms with Crippen LogP contribution >= 0.6 is 0 Å². The second-order valence-corrected chi connectivity index (χ2v) is 7.71. The molecule has 6 aliphatic rings. The van der Waals surface area contributed by atoms with Crippen LogP contribution in [-0.2, 0) is 9.47 Å². The first-order valence-corrected chi connectivity index (χ1v) is 8.76. The summed E-state index contributed by atoms with van der Waals surface area (Å²) in [4.78, 5) is 2.53. The molecule has 2 saturated heterocycles. The van der Waals surface area contributed by atoms with Gasteiger partial charge in [-0.3, -0.25) is 4.90 Å². The van der Waals surface area contributed by atoms with E-state index >= 15 is 0 Å². The predicted molar refractivity (Wildman–Crippen MR) is 83.0 cm³/mol. The molecule has 1 aliphatic carbocycles. The lowest BCUT2D eigenvalue weighted by Gasteiger charge is -2.39. The third-order valence-electron chi connectivity index (χ3n) is 6.90. The summed E-state index contributed by atoms with van der Waals surface area (Å²) in [5, 5.41) is 11.2. The molecular formula is C18H21NO5. The SMILES string of the molecule is CO[C@@]12C[C@]34CCCN3C[C@H](O1)c1cc3c(cc1[C@@H]4[C@@H]2O)OCO3. The molecule has 5 atom stereocenters. The molecule has 4 bridgehead atoms. The molecule has 1 aromatic rings. The van der Waals surface area contributed by atoms with Crippen LogP contribution in [0.15, 0.2) is 12.1 Å². The Morgan fingerprint density at radius 2 is 2.04 bits per heavy atom. The number of fused-ring (bicyclic) bond motifs is 1. The van der Waals surface area contributed by atoms with E-state index in [4.69, 9.17) is 18.9 Å². The molecule has 0 unspecified atom stereocenters. The Labute approximate surface area is 140 Å². The summed E-state index contributed by atoms with van der Waals surface area (Å²) in [6.07, 6.45) is 2.18. The van der Waals surface area contributed by atoms with Crippen molar-refractivity contribution in [3.63, 3.8) is 0 Å². The molecule has 1 N–H and O–H groups in total. The quantitative estimate of drug-likeness (QED) is 0.842. The van der Waals surface area contributed by atoms with Crippen molar-refractivity contribution in [3.05, 3.63) is 23.3 Å². The zero-order valence-electron chi connectivity index (χ0n) is 13.7. The molecule has 6 nitrogen and oxygen atoms in total. The predicted octanol–water partition coefficient (Wildman–Crippen LogP) is 1.53. The van der Waals surface area contributed by atoms with E-state index in [9.17, 15) is 5.11 Å². The molecule has 1 saturated carbocycles. The Bertz CT molecular complexity index is 738. The molecule has 0 aromatic heterocycles. The Balaban J connectivity index is 1.64. The van der Waals surface area contributed by atoms with E-state index < -0.39 is 11.9 Å². The average molecular weight is 331 g/mol. The summed E-state index contributed by atoms with van der Waals surface area (Å²) in [6, 6.07) is 4.12. The first kappa shape index (κ1) is 13.9. The number of ether oxygens (including phenoxy) is 4. The van der Waals surface area contributed by atoms with Gasteiger partial charge in [-0.1, -0.05) is 0 Å². The summed E-state index contributed by atoms with van der Waals surface area (Å²) in [5.41, 5.74) is 2.19. The highest BCUT2D eigenvalue weighted by Gasteiger charge is 2.70. The van der Waals surface area contributed by atoms with Crippen LogP contribution < -0.4 is 9.47 Å². The maximum Gasteiger partial charge on any atom is 0.231 e. The van der Waals surface area contributed by atoms with E-state index in [1.165, 1.54) is 0 Å². The molecule has 3 fully saturated rings. The van der Waals surface area contributed by atoms with E-state index in [0.717, 1.165) is 55.0 Å². The van der Waals surface area contributed by atoms with Crippen LogP contribution in [0.4, 0.5) is 0 Å². The molecule has 1 spiro atoms. The van der Waals surface area contributed by atoms with Crippen molar-refractivity contribution in [2.45, 2.75) is 48.7 Å². The molecule has 0 amide bonds. The number of aliphatic hydroxyl groups is 1. The van der Waals surface area contributed by atoms with Crippen LogP contribution in [0.5, 0.6) is 11.5 Å². The normalized spacial score (nSPS) is 44.5. The summed E-state index contributed by atoms with van der Waals surface area (Å²) in [5.74, 6) is 0.617. The minimum Gasteiger partial charge on any atom is -0.454 e. The number of benzene rings is 1. The van der Waals surface area contributed by atoms with Gasteiger partial charge in [0.05, 0.1) is 6.10 Å². The number of methoxy groups -OCH3 is 1. The monoisotopic (exact) mass is 331 g/mol. The number of rotatable bonds is 1. The van der Waals surface area contributed by atoms with Crippen LogP contribution in [0, 0.1) is 0 Å². The van der Waals surface area contributed by atoms with Gasteiger partial charge in [-0.05, 0) is 42.6 Å². The highest BCUT2D eigenvalue weighted by Crippen LogP contribution is 2.64. The molecule has 24 heavy (non-hydrogen) atoms. The summed E-state index contributed by atoms with van der Waals surface area (Å²) >= 11 is 0. The van der Waals surface area contributed by atoms with Gasteiger partial charge in [0.2, 0.25) is 6.79 Å². The maximum absolute atomic E-state index is 11.2. The topological polar surface area (TPSA) is 60.4 Å². The molecular weight excluding hydrogens is 310 g/mol. The highest BCUT2D eigenvalue weighted by atomic mass is 16.7. The van der Waals surface area contributed by atoms with Crippen molar-refractivity contribution in [2.75, 3.05) is 27.0 Å². The third-order valence-corrected chi connectivity index (χ3v) is 6.90. The minimum absolute atomic E-state index is 0.0167. The molecule has 0 radical (unpaired) electrons. The van der Waals surface area contributed by atoms with Crippen molar-refractivity contribution in [2.24, 2.45) is 0 Å². The van der Waals surface area contributed by atoms with Crippen LogP contribution in [0.25, 0.3) is 0 Å². The van der Waals surface area contributed by atoms with Gasteiger partial charge in [0.25, 0.3) is 0 Å². The fraction of sp³-hybridized carbons (Fsp3) is 0.667. The first-order valence-electron chi connectivity index (χ1n) is 8.76. The Kier molecular flexibility index (Phi) is 2.46. The zero-order chi connectivity index (χ0) is 16.1. The van der Waals surface area contributed by atoms with E-state index in [1.807, 2.05) is 0 Å². The Morgan fingerprint density at radius 1 is 1.25 bits per heavy atom. The molecule has 5 aliphatic heterocycles. The van der Waals surface area contributed by atoms with Gasteiger partial charge in [0, 0.05) is 31.5 Å². The summed E-state index contributed by atoms with van der Waals surface area (Å²) in [7, 11) is 1.66. The van der Waals surface area contributed by atoms with E-state index in [2.05, 4.69) is 17.0 Å². The number of aliphatic hydroxyl groups excluding tert-OH is 1. The molecule has 6 heteroatoms. The smallest absolute Gasteiger partial charge is 0.231 e. The fourth-order valence-corrected chi connectivity index (χ4v) is 5.94. The molecule has 1 aromatic carbocycles. The van der Waals surface area contributed by atoms with Crippen molar-refractivity contribution < 1.29 is 24.1 Å². The van der Waals surface area contributed by atoms with E-state index in [-0.39, 0.29) is 24.4 Å². The van der Waals surface area contributed by atoms with E-state index in [0.29, 0.717) is 0 Å². The third kappa shape index (κ3) is 1.39. The molecule has 5 heterocycles. The number of hydrogen-bond donors (Lipinski definition) is 1. The standard InChI is InChI=1S/C18H21NO5/c1-21-18-8-17-3-2-4-19(17)7-14(24-18)10-5-12-13(23-9-22-12)6-11(10)15(17)16(18)20/h5-6,14-16,20H,2-4,7-9H2,1H3/t14-,15+,16-,17-,18-/m0/s1. The highest BCUT2D eigenvalue weighted by molar-refractivity contribution is 5.54. The lowest BCUT2D eigenvalue weighted by atomic mass is 9.78. The van der Waals surface area contributed by atoms with Gasteiger partial charge in [-0.25, -0.2) is 0 Å². The Morgan fingerprint density at radius 3 is 2.83 bits per heavy atom. The van der Waals surface area contributed by atoms with Crippen molar-refractivity contribution in [3.8, 4) is 11.5 Å². The van der Waals surface area contributed by atoms with Crippen molar-refractivity contribution in [1.82, 2.24) is 4.90 Å². The molecule has 7 rings (SSSR count). The van der Waals surface area contributed by atoms with E-state index in [1.54, 1.807) is 7.11 Å². The summed E-state index contributed by atoms with van der Waals surface area (Å²) < 4.78 is 23.5. The van der Waals surface area contributed by atoms with Crippen molar-refractivity contribution in [1.29, 1.82) is 0 Å². The fourth-order valence-electron chi connectivity index (χ4n) is 5.94. The minimum atomic E-state index is -0.917. The second kappa shape index (κ2) is 4.25. The van der Waals surface area contributed by atoms with Crippen LogP contribution in [0.1, 0.15) is 42.4 Å². The van der Waals surface area contributed by atoms with Gasteiger partial charge in [-0.15, -0.1) is 0 Å². The lowest BCUT2D eigenvalue weighted by molar-refractivity contribution is -0.277. The van der Waals surface area contributed by atoms with Crippen LogP contribution in [-0.4, -0.2) is 54.4 Å². The van der Waals surface area contributed by atoms with Gasteiger partial charge in [-0.2, -0.15) is 0 Å². The Hall–Kier alpha value is -1.34. The summed E-state index contributed by atoms with van der Waals surface area (Å²) in [6.45, 7) is 2.17. The first-order chi connectivity index (χ1) is 11.7. The van der Waals surface area contributed by atoms with Gasteiger partial charge < -0.3 is 24.1 Å². The zero-order valence-corrected chi connectivity index (χ0v) is 13.7. The van der Waals surface area contributed by atoms with Gasteiger partial charge in [0.15, 0.2) is 17.3 Å². The van der Waals surface area contributed by atoms with Crippen molar-refractivity contribution >= 4 is 0 Å². The van der Waals surface area contributed by atoms with Gasteiger partial charge in [0.1, 0.15) is 6.10 Å². The molecule has 128 valence electrons. The van der Waals surface area contributed by atoms with Crippen LogP contribution in [0.2, 0.25) is 0 Å². The number of hydrogen-bond acceptors (Lipinski definition) is 6. The van der Waals surface area contributed by atoms with Crippen LogP contribution in [0.3, 0.4) is 0 Å². The number of nitrogens with zero attached hydrogens (tertiary/aromatic N) is 1. The largest absolute Gasteiger partial charge is 0.454 e.